The van der Waals surface area contributed by atoms with Crippen LogP contribution in [0.1, 0.15) is 30.4 Å². The number of fused-ring (bicyclic) bond motifs is 1. The van der Waals surface area contributed by atoms with Crippen LogP contribution in [0.15, 0.2) is 30.6 Å². The molecular weight excluding hydrogens is 458 g/mol. The van der Waals surface area contributed by atoms with Gasteiger partial charge in [-0.05, 0) is 50.0 Å². The molecule has 3 aromatic rings. The number of hydrogen-bond acceptors (Lipinski definition) is 8. The molecule has 0 radical (unpaired) electrons. The predicted octanol–water partition coefficient (Wildman–Crippen LogP) is 4.85. The van der Waals surface area contributed by atoms with Crippen molar-refractivity contribution in [3.05, 3.63) is 56.9 Å². The number of anilines is 1. The van der Waals surface area contributed by atoms with E-state index in [2.05, 4.69) is 20.2 Å². The van der Waals surface area contributed by atoms with E-state index in [1.165, 1.54) is 38.8 Å². The van der Waals surface area contributed by atoms with Crippen LogP contribution in [0, 0.1) is 10.1 Å². The summed E-state index contributed by atoms with van der Waals surface area (Å²) in [6, 6.07) is 7.00. The molecule has 0 unspecified atom stereocenters. The average Bonchev–Trinajstić information content (AvgIpc) is 2.86. The summed E-state index contributed by atoms with van der Waals surface area (Å²) in [5.41, 5.74) is 2.22. The highest BCUT2D eigenvalue weighted by molar-refractivity contribution is 6.32. The number of nitro groups is 1. The number of halogens is 1. The van der Waals surface area contributed by atoms with Crippen molar-refractivity contribution >= 4 is 34.0 Å². The van der Waals surface area contributed by atoms with Gasteiger partial charge in [-0.15, -0.1) is 0 Å². The van der Waals surface area contributed by atoms with Gasteiger partial charge in [0.15, 0.2) is 0 Å². The van der Waals surface area contributed by atoms with Gasteiger partial charge in [-0.2, -0.15) is 0 Å². The van der Waals surface area contributed by atoms with E-state index >= 15 is 0 Å². The van der Waals surface area contributed by atoms with Gasteiger partial charge in [0.2, 0.25) is 5.75 Å². The molecule has 0 spiro atoms. The molecule has 10 heteroatoms. The van der Waals surface area contributed by atoms with Crippen LogP contribution in [0.5, 0.6) is 11.5 Å². The normalized spacial score (nSPS) is 14.2. The van der Waals surface area contributed by atoms with Crippen molar-refractivity contribution in [2.45, 2.75) is 32.2 Å². The Morgan fingerprint density at radius 2 is 1.94 bits per heavy atom. The molecule has 1 saturated heterocycles. The third-order valence-corrected chi connectivity index (χ3v) is 6.46. The van der Waals surface area contributed by atoms with Crippen molar-refractivity contribution < 1.29 is 14.4 Å². The molecule has 9 nitrogen and oxygen atoms in total. The Morgan fingerprint density at radius 3 is 2.62 bits per heavy atom. The van der Waals surface area contributed by atoms with Crippen LogP contribution in [0.2, 0.25) is 5.02 Å². The lowest BCUT2D eigenvalue weighted by molar-refractivity contribution is -0.385. The number of nitro benzene ring substituents is 1. The first kappa shape index (κ1) is 24.0. The average molecular weight is 486 g/mol. The fourth-order valence-electron chi connectivity index (χ4n) is 4.43. The van der Waals surface area contributed by atoms with E-state index in [1.807, 2.05) is 12.1 Å². The molecule has 0 aliphatic carbocycles. The molecule has 1 aliphatic rings. The topological polar surface area (TPSA) is 103 Å². The zero-order chi connectivity index (χ0) is 24.1. The van der Waals surface area contributed by atoms with Crippen molar-refractivity contribution in [2.75, 3.05) is 39.2 Å². The smallest absolute Gasteiger partial charge is 0.312 e. The Kier molecular flexibility index (Phi) is 7.64. The van der Waals surface area contributed by atoms with Crippen LogP contribution < -0.4 is 14.8 Å². The molecular formula is C24H28ClN5O4. The molecule has 0 bridgehead atoms. The maximum Gasteiger partial charge on any atom is 0.312 e. The minimum Gasteiger partial charge on any atom is -0.495 e. The maximum absolute atomic E-state index is 11.9. The standard InChI is InChI=1S/C24H28ClN5O4/c1-33-21-7-6-16(12-19(21)25)14-26-24-18-13-20(30(31)32)23(34-2)17(22(18)27-15-28-24)8-11-29-9-4-3-5-10-29/h6-7,12-13,15H,3-5,8-11,14H2,1-2H3,(H,26,27,28). The van der Waals surface area contributed by atoms with E-state index in [-0.39, 0.29) is 11.4 Å². The fraction of sp³-hybridized carbons (Fsp3) is 0.417. The number of nitrogens with one attached hydrogen (secondary N) is 1. The number of rotatable bonds is 9. The van der Waals surface area contributed by atoms with Crippen LogP contribution in [-0.4, -0.2) is 53.6 Å². The van der Waals surface area contributed by atoms with Crippen molar-refractivity contribution in [1.82, 2.24) is 14.9 Å². The lowest BCUT2D eigenvalue weighted by atomic mass is 10.0. The summed E-state index contributed by atoms with van der Waals surface area (Å²) in [4.78, 5) is 22.7. The van der Waals surface area contributed by atoms with Crippen molar-refractivity contribution in [3.8, 4) is 11.5 Å². The summed E-state index contributed by atoms with van der Waals surface area (Å²) in [6.45, 7) is 3.31. The summed E-state index contributed by atoms with van der Waals surface area (Å²) in [5.74, 6) is 1.38. The molecule has 0 saturated carbocycles. The fourth-order valence-corrected chi connectivity index (χ4v) is 4.71. The largest absolute Gasteiger partial charge is 0.495 e. The van der Waals surface area contributed by atoms with Gasteiger partial charge in [-0.25, -0.2) is 9.97 Å². The highest BCUT2D eigenvalue weighted by Crippen LogP contribution is 2.39. The summed E-state index contributed by atoms with van der Waals surface area (Å²) in [7, 11) is 3.03. The zero-order valence-corrected chi connectivity index (χ0v) is 20.1. The molecule has 1 fully saturated rings. The summed E-state index contributed by atoms with van der Waals surface area (Å²) in [6.07, 6.45) is 5.69. The number of hydrogen-bond donors (Lipinski definition) is 1. The summed E-state index contributed by atoms with van der Waals surface area (Å²) >= 11 is 6.24. The van der Waals surface area contributed by atoms with Crippen LogP contribution in [-0.2, 0) is 13.0 Å². The van der Waals surface area contributed by atoms with Gasteiger partial charge in [0.25, 0.3) is 0 Å². The molecule has 34 heavy (non-hydrogen) atoms. The number of benzene rings is 2. The third-order valence-electron chi connectivity index (χ3n) is 6.16. The Hall–Kier alpha value is -3.17. The van der Waals surface area contributed by atoms with Gasteiger partial charge in [-0.1, -0.05) is 24.1 Å². The minimum atomic E-state index is -0.414. The second-order valence-corrected chi connectivity index (χ2v) is 8.66. The van der Waals surface area contributed by atoms with Crippen LogP contribution in [0.3, 0.4) is 0 Å². The predicted molar refractivity (Wildman–Crippen MR) is 132 cm³/mol. The molecule has 0 atom stereocenters. The Bertz CT molecular complexity index is 1180. The molecule has 180 valence electrons. The zero-order valence-electron chi connectivity index (χ0n) is 19.3. The Morgan fingerprint density at radius 1 is 1.15 bits per heavy atom. The van der Waals surface area contributed by atoms with E-state index < -0.39 is 4.92 Å². The van der Waals surface area contributed by atoms with E-state index in [9.17, 15) is 10.1 Å². The second kappa shape index (κ2) is 10.8. The first-order chi connectivity index (χ1) is 16.5. The highest BCUT2D eigenvalue weighted by Gasteiger charge is 2.25. The summed E-state index contributed by atoms with van der Waals surface area (Å²) in [5, 5.41) is 16.3. The number of piperidine rings is 1. The lowest BCUT2D eigenvalue weighted by Gasteiger charge is -2.26. The number of ether oxygens (including phenoxy) is 2. The lowest BCUT2D eigenvalue weighted by Crippen LogP contribution is -2.31. The molecule has 1 aromatic heterocycles. The molecule has 2 aromatic carbocycles. The van der Waals surface area contributed by atoms with Crippen LogP contribution in [0.25, 0.3) is 10.9 Å². The van der Waals surface area contributed by atoms with Crippen molar-refractivity contribution in [3.63, 3.8) is 0 Å². The van der Waals surface area contributed by atoms with Crippen LogP contribution in [0.4, 0.5) is 11.5 Å². The Labute approximate surface area is 203 Å². The quantitative estimate of drug-likeness (QED) is 0.339. The van der Waals surface area contributed by atoms with Gasteiger partial charge in [0.1, 0.15) is 17.9 Å². The van der Waals surface area contributed by atoms with Crippen LogP contribution >= 0.6 is 11.6 Å². The highest BCUT2D eigenvalue weighted by atomic mass is 35.5. The Balaban J connectivity index is 1.68. The SMILES string of the molecule is COc1ccc(CNc2ncnc3c(CCN4CCCCC4)c(OC)c([N+](=O)[O-])cc23)cc1Cl. The molecule has 4 rings (SSSR count). The third kappa shape index (κ3) is 5.15. The first-order valence-electron chi connectivity index (χ1n) is 11.3. The first-order valence-corrected chi connectivity index (χ1v) is 11.7. The monoisotopic (exact) mass is 485 g/mol. The molecule has 1 aliphatic heterocycles. The van der Waals surface area contributed by atoms with Gasteiger partial charge in [0.05, 0.1) is 35.1 Å². The van der Waals surface area contributed by atoms with E-state index in [0.717, 1.165) is 30.8 Å². The number of likely N-dealkylation sites (tertiary alicyclic amines) is 1. The van der Waals surface area contributed by atoms with Crippen molar-refractivity contribution in [1.29, 1.82) is 0 Å². The van der Waals surface area contributed by atoms with Crippen molar-refractivity contribution in [2.24, 2.45) is 0 Å². The van der Waals surface area contributed by atoms with E-state index in [4.69, 9.17) is 21.1 Å². The number of aromatic nitrogens is 2. The summed E-state index contributed by atoms with van der Waals surface area (Å²) < 4.78 is 10.7. The van der Waals surface area contributed by atoms with Gasteiger partial charge in [0, 0.05) is 24.7 Å². The van der Waals surface area contributed by atoms with Gasteiger partial charge >= 0.3 is 5.69 Å². The van der Waals surface area contributed by atoms with Gasteiger partial charge in [-0.3, -0.25) is 10.1 Å². The van der Waals surface area contributed by atoms with Gasteiger partial charge < -0.3 is 19.7 Å². The number of nitrogens with zero attached hydrogens (tertiary/aromatic N) is 4. The second-order valence-electron chi connectivity index (χ2n) is 8.26. The molecule has 1 N–H and O–H groups in total. The maximum atomic E-state index is 11.9. The van der Waals surface area contributed by atoms with E-state index in [1.54, 1.807) is 13.2 Å². The minimum absolute atomic E-state index is 0.0889. The number of methoxy groups -OCH3 is 2. The molecule has 2 heterocycles. The molecule has 0 amide bonds. The van der Waals surface area contributed by atoms with E-state index in [0.29, 0.717) is 40.5 Å².